The molecule has 1 aliphatic heterocycles. The van der Waals surface area contributed by atoms with Crippen LogP contribution in [0.3, 0.4) is 0 Å². The van der Waals surface area contributed by atoms with E-state index in [0.717, 1.165) is 28.9 Å². The number of halogens is 2. The summed E-state index contributed by atoms with van der Waals surface area (Å²) in [7, 11) is 0. The van der Waals surface area contributed by atoms with Crippen LogP contribution in [0.25, 0.3) is 10.8 Å². The van der Waals surface area contributed by atoms with Gasteiger partial charge < -0.3 is 10.2 Å². The molecule has 1 atom stereocenters. The number of nitrogens with zero attached hydrogens (tertiary/aromatic N) is 4. The Hall–Kier alpha value is -3.64. The molecule has 10 nitrogen and oxygen atoms in total. The molecule has 4 rings (SSSR count). The zero-order valence-electron chi connectivity index (χ0n) is 22.2. The second-order valence-corrected chi connectivity index (χ2v) is 9.75. The van der Waals surface area contributed by atoms with Crippen molar-refractivity contribution in [1.29, 1.82) is 0 Å². The van der Waals surface area contributed by atoms with Crippen LogP contribution in [0.2, 0.25) is 5.02 Å². The number of aromatic nitrogens is 1. The van der Waals surface area contributed by atoms with Crippen LogP contribution in [0.4, 0.5) is 10.2 Å². The molecule has 12 heteroatoms. The molecule has 212 valence electrons. The molecule has 0 unspecified atom stereocenters. The number of hydrogen-bond acceptors (Lipinski definition) is 7. The first-order chi connectivity index (χ1) is 19.4. The average Bonchev–Trinajstić information content (AvgIpc) is 2.97. The van der Waals surface area contributed by atoms with Gasteiger partial charge in [-0.15, -0.1) is 0 Å². The number of hydroxylamine groups is 1. The summed E-state index contributed by atoms with van der Waals surface area (Å²) in [6, 6.07) is 13.1. The largest absolute Gasteiger partial charge is 0.340 e. The molecule has 2 heterocycles. The molecule has 1 saturated heterocycles. The zero-order chi connectivity index (χ0) is 28.5. The highest BCUT2D eigenvalue weighted by atomic mass is 35.5. The zero-order valence-corrected chi connectivity index (χ0v) is 22.9. The number of amides is 3. The van der Waals surface area contributed by atoms with Crippen molar-refractivity contribution in [2.45, 2.75) is 32.4 Å². The lowest BCUT2D eigenvalue weighted by Crippen LogP contribution is -2.52. The number of benzene rings is 2. The third-order valence-electron chi connectivity index (χ3n) is 6.68. The van der Waals surface area contributed by atoms with Crippen molar-refractivity contribution in [2.75, 3.05) is 37.8 Å². The van der Waals surface area contributed by atoms with Crippen LogP contribution in [0.5, 0.6) is 0 Å². The highest BCUT2D eigenvalue weighted by Crippen LogP contribution is 2.21. The second kappa shape index (κ2) is 14.1. The number of hydrogen-bond donors (Lipinski definition) is 2. The molecule has 1 fully saturated rings. The fraction of sp³-hybridized carbons (Fsp3) is 0.357. The summed E-state index contributed by atoms with van der Waals surface area (Å²) < 4.78 is 14.0. The van der Waals surface area contributed by atoms with Crippen molar-refractivity contribution in [1.82, 2.24) is 25.6 Å². The molecule has 0 spiro atoms. The number of carbonyl (C=O) groups is 3. The van der Waals surface area contributed by atoms with E-state index in [1.807, 2.05) is 24.3 Å². The summed E-state index contributed by atoms with van der Waals surface area (Å²) in [6.07, 6.45) is 2.55. The molecule has 0 aliphatic carbocycles. The number of anilines is 1. The Morgan fingerprint density at radius 1 is 1.20 bits per heavy atom. The standard InChI is InChI=1S/C28H32ClFN6O4/c1-20(38)36(33-17-23-7-4-8-25(30)28(23)29)24(9-10-27(39)34-13-11-31-12-14-34)18-40-35(19-37)26-15-21-5-2-3-6-22(21)16-32-26/h2-8,15-16,19,24,31,33H,9-14,17-18H2,1H3/t24-/m0/s1. The first-order valence-corrected chi connectivity index (χ1v) is 13.4. The van der Waals surface area contributed by atoms with Crippen molar-refractivity contribution < 1.29 is 23.6 Å². The Balaban J connectivity index is 1.50. The molecule has 1 aliphatic rings. The molecule has 0 saturated carbocycles. The third kappa shape index (κ3) is 7.51. The number of fused-ring (bicyclic) bond motifs is 1. The topological polar surface area (TPSA) is 107 Å². The Labute approximate surface area is 236 Å². The van der Waals surface area contributed by atoms with Gasteiger partial charge in [0.1, 0.15) is 5.82 Å². The minimum Gasteiger partial charge on any atom is -0.340 e. The van der Waals surface area contributed by atoms with Crippen molar-refractivity contribution in [3.05, 3.63) is 71.1 Å². The van der Waals surface area contributed by atoms with Gasteiger partial charge in [-0.05, 0) is 29.5 Å². The Morgan fingerprint density at radius 3 is 2.67 bits per heavy atom. The maximum atomic E-state index is 14.0. The Kier molecular flexibility index (Phi) is 10.4. The van der Waals surface area contributed by atoms with E-state index in [0.29, 0.717) is 25.1 Å². The lowest BCUT2D eigenvalue weighted by atomic mass is 10.1. The van der Waals surface area contributed by atoms with Crippen LogP contribution in [0.15, 0.2) is 54.7 Å². The monoisotopic (exact) mass is 570 g/mol. The Bertz CT molecular complexity index is 1340. The molecule has 2 N–H and O–H groups in total. The summed E-state index contributed by atoms with van der Waals surface area (Å²) in [4.78, 5) is 49.5. The summed E-state index contributed by atoms with van der Waals surface area (Å²) in [5.74, 6) is -0.677. The number of piperazine rings is 1. The molecule has 40 heavy (non-hydrogen) atoms. The Morgan fingerprint density at radius 2 is 1.95 bits per heavy atom. The molecule has 2 aromatic carbocycles. The fourth-order valence-electron chi connectivity index (χ4n) is 4.51. The first-order valence-electron chi connectivity index (χ1n) is 13.0. The molecule has 3 aromatic rings. The van der Waals surface area contributed by atoms with Gasteiger partial charge in [-0.2, -0.15) is 5.06 Å². The smallest absolute Gasteiger partial charge is 0.239 e. The molecular formula is C28H32ClFN6O4. The van der Waals surface area contributed by atoms with Gasteiger partial charge in [-0.3, -0.25) is 24.2 Å². The van der Waals surface area contributed by atoms with E-state index in [4.69, 9.17) is 16.4 Å². The predicted octanol–water partition coefficient (Wildman–Crippen LogP) is 3.06. The highest BCUT2D eigenvalue weighted by Gasteiger charge is 2.26. The summed E-state index contributed by atoms with van der Waals surface area (Å²) in [5.41, 5.74) is 3.47. The molecule has 1 aromatic heterocycles. The predicted molar refractivity (Wildman–Crippen MR) is 149 cm³/mol. The maximum Gasteiger partial charge on any atom is 0.239 e. The fourth-order valence-corrected chi connectivity index (χ4v) is 4.70. The van der Waals surface area contributed by atoms with Crippen LogP contribution in [0, 0.1) is 5.82 Å². The van der Waals surface area contributed by atoms with Crippen LogP contribution in [0.1, 0.15) is 25.3 Å². The number of carbonyl (C=O) groups excluding carboxylic acids is 3. The van der Waals surface area contributed by atoms with Gasteiger partial charge in [0.2, 0.25) is 18.2 Å². The van der Waals surface area contributed by atoms with E-state index >= 15 is 0 Å². The summed E-state index contributed by atoms with van der Waals surface area (Å²) in [5, 5.41) is 7.29. The van der Waals surface area contributed by atoms with Gasteiger partial charge in [-0.1, -0.05) is 48.0 Å². The van der Waals surface area contributed by atoms with Gasteiger partial charge >= 0.3 is 0 Å². The maximum absolute atomic E-state index is 14.0. The van der Waals surface area contributed by atoms with Gasteiger partial charge in [0.05, 0.1) is 17.7 Å². The van der Waals surface area contributed by atoms with E-state index in [1.54, 1.807) is 23.2 Å². The van der Waals surface area contributed by atoms with Crippen molar-refractivity contribution in [2.24, 2.45) is 0 Å². The minimum atomic E-state index is -0.653. The van der Waals surface area contributed by atoms with Gasteiger partial charge in [0, 0.05) is 57.7 Å². The minimum absolute atomic E-state index is 0.0355. The number of nitrogens with one attached hydrogen (secondary N) is 2. The van der Waals surface area contributed by atoms with E-state index in [1.165, 1.54) is 24.1 Å². The molecule has 3 amide bonds. The van der Waals surface area contributed by atoms with E-state index in [-0.39, 0.29) is 48.6 Å². The number of hydrazine groups is 1. The summed E-state index contributed by atoms with van der Waals surface area (Å²) >= 11 is 6.10. The van der Waals surface area contributed by atoms with Crippen molar-refractivity contribution in [3.63, 3.8) is 0 Å². The van der Waals surface area contributed by atoms with Crippen molar-refractivity contribution >= 4 is 46.4 Å². The number of rotatable bonds is 12. The lowest BCUT2D eigenvalue weighted by Gasteiger charge is -2.33. The van der Waals surface area contributed by atoms with Gasteiger partial charge in [0.15, 0.2) is 5.82 Å². The average molecular weight is 571 g/mol. The second-order valence-electron chi connectivity index (χ2n) is 9.38. The van der Waals surface area contributed by atoms with Crippen LogP contribution in [-0.2, 0) is 25.8 Å². The van der Waals surface area contributed by atoms with E-state index < -0.39 is 11.9 Å². The molecule has 0 radical (unpaired) electrons. The SMILES string of the molecule is CC(=O)N(NCc1cccc(F)c1Cl)[C@@H](CCC(=O)N1CCNCC1)CON(C=O)c1cc2ccccc2cn1. The van der Waals surface area contributed by atoms with Gasteiger partial charge in [-0.25, -0.2) is 14.8 Å². The van der Waals surface area contributed by atoms with E-state index in [9.17, 15) is 18.8 Å². The summed E-state index contributed by atoms with van der Waals surface area (Å²) in [6.45, 7) is 3.97. The number of pyridine rings is 1. The normalized spacial score (nSPS) is 14.1. The quantitative estimate of drug-likeness (QED) is 0.255. The lowest BCUT2D eigenvalue weighted by molar-refractivity contribution is -0.140. The van der Waals surface area contributed by atoms with Crippen LogP contribution < -0.4 is 15.8 Å². The van der Waals surface area contributed by atoms with E-state index in [2.05, 4.69) is 15.7 Å². The van der Waals surface area contributed by atoms with Gasteiger partial charge in [0.25, 0.3) is 0 Å². The molecular weight excluding hydrogens is 539 g/mol. The first kappa shape index (κ1) is 29.3. The highest BCUT2D eigenvalue weighted by molar-refractivity contribution is 6.31. The third-order valence-corrected chi connectivity index (χ3v) is 7.10. The van der Waals surface area contributed by atoms with Crippen LogP contribution >= 0.6 is 11.6 Å². The van der Waals surface area contributed by atoms with Crippen LogP contribution in [-0.4, -0.2) is 71.9 Å². The molecule has 0 bridgehead atoms. The van der Waals surface area contributed by atoms with Crippen molar-refractivity contribution in [3.8, 4) is 0 Å².